The lowest BCUT2D eigenvalue weighted by Crippen LogP contribution is -2.39. The minimum Gasteiger partial charge on any atom is -0.314 e. The van der Waals surface area contributed by atoms with E-state index in [0.717, 1.165) is 18.4 Å². The van der Waals surface area contributed by atoms with E-state index in [2.05, 4.69) is 54.5 Å². The van der Waals surface area contributed by atoms with Gasteiger partial charge in [0.1, 0.15) is 0 Å². The molecule has 0 aromatic heterocycles. The zero-order valence-corrected chi connectivity index (χ0v) is 13.1. The van der Waals surface area contributed by atoms with Gasteiger partial charge in [-0.2, -0.15) is 0 Å². The summed E-state index contributed by atoms with van der Waals surface area (Å²) in [5, 5.41) is 3.73. The average molecular weight is 274 g/mol. The molecule has 1 aliphatic carbocycles. The van der Waals surface area contributed by atoms with Gasteiger partial charge < -0.3 is 10.2 Å². The third-order valence-electron chi connectivity index (χ3n) is 4.49. The Morgan fingerprint density at radius 3 is 2.75 bits per heavy atom. The van der Waals surface area contributed by atoms with Crippen molar-refractivity contribution >= 4 is 0 Å². The molecule has 1 aliphatic rings. The molecule has 2 atom stereocenters. The molecule has 1 aromatic rings. The van der Waals surface area contributed by atoms with Crippen LogP contribution in [0.25, 0.3) is 0 Å². The van der Waals surface area contributed by atoms with Crippen LogP contribution in [-0.4, -0.2) is 37.6 Å². The van der Waals surface area contributed by atoms with Crippen LogP contribution in [0.4, 0.5) is 0 Å². The highest BCUT2D eigenvalue weighted by Crippen LogP contribution is 2.26. The van der Waals surface area contributed by atoms with Crippen LogP contribution in [0.2, 0.25) is 0 Å². The molecule has 1 aromatic carbocycles. The normalized spacial score (nSPS) is 22.6. The van der Waals surface area contributed by atoms with E-state index in [1.54, 1.807) is 0 Å². The highest BCUT2D eigenvalue weighted by atomic mass is 15.1. The summed E-state index contributed by atoms with van der Waals surface area (Å²) in [6.07, 6.45) is 6.58. The quantitative estimate of drug-likeness (QED) is 0.782. The summed E-state index contributed by atoms with van der Waals surface area (Å²) in [5.74, 6) is 0.849. The maximum absolute atomic E-state index is 3.73. The van der Waals surface area contributed by atoms with Crippen molar-refractivity contribution in [3.8, 4) is 0 Å². The smallest absolute Gasteiger partial charge is 0.0107 e. The highest BCUT2D eigenvalue weighted by molar-refractivity contribution is 5.14. The topological polar surface area (TPSA) is 15.3 Å². The number of nitrogens with zero attached hydrogens (tertiary/aromatic N) is 1. The molecule has 0 aliphatic heterocycles. The molecule has 2 nitrogen and oxygen atoms in total. The van der Waals surface area contributed by atoms with Crippen molar-refractivity contribution in [2.24, 2.45) is 5.92 Å². The van der Waals surface area contributed by atoms with Gasteiger partial charge >= 0.3 is 0 Å². The third-order valence-corrected chi connectivity index (χ3v) is 4.49. The van der Waals surface area contributed by atoms with Gasteiger partial charge in [-0.15, -0.1) is 0 Å². The second-order valence-corrected chi connectivity index (χ2v) is 6.25. The lowest BCUT2D eigenvalue weighted by atomic mass is 10.0. The molecule has 0 heterocycles. The summed E-state index contributed by atoms with van der Waals surface area (Å²) in [5.41, 5.74) is 1.45. The Balaban J connectivity index is 1.72. The zero-order valence-electron chi connectivity index (χ0n) is 13.1. The minimum atomic E-state index is 0.758. The second kappa shape index (κ2) is 8.43. The van der Waals surface area contributed by atoms with E-state index in [0.29, 0.717) is 0 Å². The molecule has 0 amide bonds. The van der Waals surface area contributed by atoms with E-state index < -0.39 is 0 Å². The van der Waals surface area contributed by atoms with Crippen LogP contribution in [0.15, 0.2) is 30.3 Å². The van der Waals surface area contributed by atoms with Crippen molar-refractivity contribution in [1.82, 2.24) is 10.2 Å². The molecule has 112 valence electrons. The van der Waals surface area contributed by atoms with Crippen molar-refractivity contribution in [3.63, 3.8) is 0 Å². The monoisotopic (exact) mass is 274 g/mol. The van der Waals surface area contributed by atoms with Gasteiger partial charge in [-0.25, -0.2) is 0 Å². The molecule has 2 unspecified atom stereocenters. The lowest BCUT2D eigenvalue weighted by molar-refractivity contribution is 0.253. The summed E-state index contributed by atoms with van der Waals surface area (Å²) in [6.45, 7) is 5.84. The standard InChI is InChI=1S/C18H30N2/c1-3-13-19-18-11-7-10-17(18)15-20(2)14-12-16-8-5-4-6-9-16/h4-6,8-9,17-19H,3,7,10-15H2,1-2H3. The van der Waals surface area contributed by atoms with Gasteiger partial charge in [0, 0.05) is 19.1 Å². The first-order valence-corrected chi connectivity index (χ1v) is 8.25. The van der Waals surface area contributed by atoms with Gasteiger partial charge in [-0.1, -0.05) is 43.7 Å². The van der Waals surface area contributed by atoms with Gasteiger partial charge in [0.25, 0.3) is 0 Å². The molecular weight excluding hydrogens is 244 g/mol. The number of benzene rings is 1. The molecule has 2 rings (SSSR count). The van der Waals surface area contributed by atoms with Crippen molar-refractivity contribution in [3.05, 3.63) is 35.9 Å². The fourth-order valence-corrected chi connectivity index (χ4v) is 3.31. The van der Waals surface area contributed by atoms with Gasteiger partial charge in [-0.05, 0) is 50.8 Å². The molecule has 0 radical (unpaired) electrons. The van der Waals surface area contributed by atoms with Crippen LogP contribution in [-0.2, 0) is 6.42 Å². The maximum atomic E-state index is 3.73. The third kappa shape index (κ3) is 4.92. The van der Waals surface area contributed by atoms with Crippen LogP contribution in [0.3, 0.4) is 0 Å². The largest absolute Gasteiger partial charge is 0.314 e. The number of nitrogens with one attached hydrogen (secondary N) is 1. The number of hydrogen-bond donors (Lipinski definition) is 1. The summed E-state index contributed by atoms with van der Waals surface area (Å²) < 4.78 is 0. The van der Waals surface area contributed by atoms with E-state index in [1.807, 2.05) is 0 Å². The molecule has 1 N–H and O–H groups in total. The number of hydrogen-bond acceptors (Lipinski definition) is 2. The molecule has 0 bridgehead atoms. The number of rotatable bonds is 8. The fourth-order valence-electron chi connectivity index (χ4n) is 3.31. The predicted octanol–water partition coefficient (Wildman–Crippen LogP) is 3.33. The maximum Gasteiger partial charge on any atom is 0.0107 e. The van der Waals surface area contributed by atoms with Crippen molar-refractivity contribution in [2.75, 3.05) is 26.7 Å². The van der Waals surface area contributed by atoms with Gasteiger partial charge in [0.15, 0.2) is 0 Å². The summed E-state index contributed by atoms with van der Waals surface area (Å²) >= 11 is 0. The Kier molecular flexibility index (Phi) is 6.55. The molecule has 20 heavy (non-hydrogen) atoms. The van der Waals surface area contributed by atoms with E-state index in [4.69, 9.17) is 0 Å². The highest BCUT2D eigenvalue weighted by Gasteiger charge is 2.27. The van der Waals surface area contributed by atoms with Crippen LogP contribution in [0, 0.1) is 5.92 Å². The van der Waals surface area contributed by atoms with Crippen molar-refractivity contribution < 1.29 is 0 Å². The number of likely N-dealkylation sites (N-methyl/N-ethyl adjacent to an activating group) is 1. The van der Waals surface area contributed by atoms with E-state index >= 15 is 0 Å². The van der Waals surface area contributed by atoms with E-state index in [9.17, 15) is 0 Å². The van der Waals surface area contributed by atoms with Crippen molar-refractivity contribution in [1.29, 1.82) is 0 Å². The summed E-state index contributed by atoms with van der Waals surface area (Å²) in [6, 6.07) is 11.6. The Hall–Kier alpha value is -0.860. The molecule has 0 saturated heterocycles. The molecule has 1 saturated carbocycles. The SMILES string of the molecule is CCCNC1CCCC1CN(C)CCc1ccccc1. The zero-order chi connectivity index (χ0) is 14.2. The predicted molar refractivity (Wildman–Crippen MR) is 87.1 cm³/mol. The Labute approximate surface area is 124 Å². The van der Waals surface area contributed by atoms with Crippen LogP contribution in [0.5, 0.6) is 0 Å². The van der Waals surface area contributed by atoms with Gasteiger partial charge in [0.05, 0.1) is 0 Å². The van der Waals surface area contributed by atoms with E-state index in [1.165, 1.54) is 50.9 Å². The Morgan fingerprint density at radius 2 is 2.00 bits per heavy atom. The molecule has 0 spiro atoms. The molecule has 1 fully saturated rings. The van der Waals surface area contributed by atoms with Crippen LogP contribution < -0.4 is 5.32 Å². The van der Waals surface area contributed by atoms with Gasteiger partial charge in [0.2, 0.25) is 0 Å². The van der Waals surface area contributed by atoms with Crippen molar-refractivity contribution in [2.45, 2.75) is 45.1 Å². The lowest BCUT2D eigenvalue weighted by Gasteiger charge is -2.26. The Bertz CT molecular complexity index is 363. The Morgan fingerprint density at radius 1 is 1.20 bits per heavy atom. The van der Waals surface area contributed by atoms with Crippen LogP contribution in [0.1, 0.15) is 38.2 Å². The summed E-state index contributed by atoms with van der Waals surface area (Å²) in [4.78, 5) is 2.52. The first-order valence-electron chi connectivity index (χ1n) is 8.25. The van der Waals surface area contributed by atoms with E-state index in [-0.39, 0.29) is 0 Å². The molecular formula is C18H30N2. The first kappa shape index (κ1) is 15.5. The van der Waals surface area contributed by atoms with Crippen LogP contribution >= 0.6 is 0 Å². The first-order chi connectivity index (χ1) is 9.79. The average Bonchev–Trinajstić information content (AvgIpc) is 2.91. The fraction of sp³-hybridized carbons (Fsp3) is 0.667. The minimum absolute atomic E-state index is 0.758. The van der Waals surface area contributed by atoms with Gasteiger partial charge in [-0.3, -0.25) is 0 Å². The molecule has 2 heteroatoms. The summed E-state index contributed by atoms with van der Waals surface area (Å²) in [7, 11) is 2.28. The second-order valence-electron chi connectivity index (χ2n) is 6.25.